The number of rotatable bonds is 2. The van der Waals surface area contributed by atoms with Crippen molar-refractivity contribution in [1.82, 2.24) is 14.9 Å². The summed E-state index contributed by atoms with van der Waals surface area (Å²) in [7, 11) is 0. The monoisotopic (exact) mass is 368 g/mol. The molecule has 0 radical (unpaired) electrons. The van der Waals surface area contributed by atoms with Gasteiger partial charge in [0, 0.05) is 38.3 Å². The van der Waals surface area contributed by atoms with Crippen molar-refractivity contribution in [3.8, 4) is 0 Å². The van der Waals surface area contributed by atoms with E-state index in [-0.39, 0.29) is 17.8 Å². The Bertz CT molecular complexity index is 661. The molecule has 0 N–H and O–H groups in total. The highest BCUT2D eigenvalue weighted by molar-refractivity contribution is 5.79. The van der Waals surface area contributed by atoms with Crippen LogP contribution in [0.25, 0.3) is 0 Å². The van der Waals surface area contributed by atoms with E-state index in [9.17, 15) is 18.0 Å². The third-order valence-corrected chi connectivity index (χ3v) is 6.10. The smallest absolute Gasteiger partial charge is 0.342 e. The molecule has 3 fully saturated rings. The minimum Gasteiger partial charge on any atom is -0.342 e. The van der Waals surface area contributed by atoms with E-state index in [1.165, 1.54) is 19.3 Å². The lowest BCUT2D eigenvalue weighted by molar-refractivity contribution is -0.141. The first-order valence-corrected chi connectivity index (χ1v) is 9.36. The summed E-state index contributed by atoms with van der Waals surface area (Å²) in [5.74, 6) is 1.65. The Hall–Kier alpha value is -1.86. The largest absolute Gasteiger partial charge is 0.433 e. The second-order valence-corrected chi connectivity index (χ2v) is 7.70. The number of nitrogens with zero attached hydrogens (tertiary/aromatic N) is 4. The molecule has 1 aromatic heterocycles. The minimum atomic E-state index is -4.47. The number of carbonyl (C=O) groups is 1. The lowest BCUT2D eigenvalue weighted by Crippen LogP contribution is -2.42. The fourth-order valence-corrected chi connectivity index (χ4v) is 4.66. The first-order valence-electron chi connectivity index (χ1n) is 9.36. The molecule has 2 aliphatic heterocycles. The average Bonchev–Trinajstić information content (AvgIpc) is 3.23. The summed E-state index contributed by atoms with van der Waals surface area (Å²) in [6, 6.07) is 0.879. The molecule has 3 aliphatic rings. The SMILES string of the molecule is O=C(C1CCN(c2nccc(C(F)(F)F)n2)CC1)N1CC2CCCC2C1. The second-order valence-electron chi connectivity index (χ2n) is 7.70. The zero-order chi connectivity index (χ0) is 18.3. The number of likely N-dealkylation sites (tertiary alicyclic amines) is 1. The van der Waals surface area contributed by atoms with E-state index >= 15 is 0 Å². The van der Waals surface area contributed by atoms with Crippen molar-refractivity contribution < 1.29 is 18.0 Å². The van der Waals surface area contributed by atoms with Crippen LogP contribution in [-0.4, -0.2) is 47.0 Å². The van der Waals surface area contributed by atoms with Gasteiger partial charge in [-0.1, -0.05) is 6.42 Å². The second kappa shape index (κ2) is 6.70. The lowest BCUT2D eigenvalue weighted by atomic mass is 9.95. The molecular weight excluding hydrogens is 345 g/mol. The quantitative estimate of drug-likeness (QED) is 0.805. The van der Waals surface area contributed by atoms with Crippen LogP contribution in [0.4, 0.5) is 19.1 Å². The van der Waals surface area contributed by atoms with Crippen LogP contribution in [0.5, 0.6) is 0 Å². The highest BCUT2D eigenvalue weighted by Crippen LogP contribution is 2.38. The van der Waals surface area contributed by atoms with Gasteiger partial charge in [0.2, 0.25) is 11.9 Å². The van der Waals surface area contributed by atoms with Gasteiger partial charge in [0.05, 0.1) is 0 Å². The molecule has 1 amide bonds. The van der Waals surface area contributed by atoms with Crippen molar-refractivity contribution in [2.24, 2.45) is 17.8 Å². The number of fused-ring (bicyclic) bond motifs is 1. The molecule has 8 heteroatoms. The Morgan fingerprint density at radius 1 is 1.08 bits per heavy atom. The molecule has 0 bridgehead atoms. The summed E-state index contributed by atoms with van der Waals surface area (Å²) in [6.07, 6.45) is 1.71. The summed E-state index contributed by atoms with van der Waals surface area (Å²) >= 11 is 0. The highest BCUT2D eigenvalue weighted by Gasteiger charge is 2.40. The van der Waals surface area contributed by atoms with Crippen molar-refractivity contribution in [2.75, 3.05) is 31.1 Å². The van der Waals surface area contributed by atoms with Crippen LogP contribution in [-0.2, 0) is 11.0 Å². The van der Waals surface area contributed by atoms with Gasteiger partial charge in [-0.2, -0.15) is 13.2 Å². The molecule has 4 rings (SSSR count). The van der Waals surface area contributed by atoms with Gasteiger partial charge in [0.15, 0.2) is 0 Å². The number of aromatic nitrogens is 2. The standard InChI is InChI=1S/C18H23F3N4O/c19-18(20,21)15-4-7-22-17(23-15)24-8-5-12(6-9-24)16(26)25-10-13-2-1-3-14(13)11-25/h4,7,12-14H,1-3,5-6,8-11H2. The van der Waals surface area contributed by atoms with E-state index in [4.69, 9.17) is 0 Å². The number of hydrogen-bond donors (Lipinski definition) is 0. The molecule has 3 heterocycles. The Kier molecular flexibility index (Phi) is 4.52. The normalized spacial score (nSPS) is 27.0. The van der Waals surface area contributed by atoms with Gasteiger partial charge in [-0.25, -0.2) is 9.97 Å². The number of halogens is 3. The van der Waals surface area contributed by atoms with Gasteiger partial charge in [-0.3, -0.25) is 4.79 Å². The van der Waals surface area contributed by atoms with Gasteiger partial charge >= 0.3 is 6.18 Å². The van der Waals surface area contributed by atoms with Gasteiger partial charge in [0.25, 0.3) is 0 Å². The first-order chi connectivity index (χ1) is 12.4. The maximum Gasteiger partial charge on any atom is 0.433 e. The van der Waals surface area contributed by atoms with E-state index in [0.29, 0.717) is 37.8 Å². The predicted molar refractivity (Wildman–Crippen MR) is 89.4 cm³/mol. The third-order valence-electron chi connectivity index (χ3n) is 6.10. The van der Waals surface area contributed by atoms with Crippen LogP contribution in [0.1, 0.15) is 37.8 Å². The molecule has 5 nitrogen and oxygen atoms in total. The van der Waals surface area contributed by atoms with Crippen molar-refractivity contribution >= 4 is 11.9 Å². The fraction of sp³-hybridized carbons (Fsp3) is 0.722. The molecular formula is C18H23F3N4O. The molecule has 1 aliphatic carbocycles. The number of alkyl halides is 3. The van der Waals surface area contributed by atoms with Crippen LogP contribution >= 0.6 is 0 Å². The summed E-state index contributed by atoms with van der Waals surface area (Å²) in [6.45, 7) is 2.80. The minimum absolute atomic E-state index is 0.0316. The number of anilines is 1. The summed E-state index contributed by atoms with van der Waals surface area (Å²) in [5.41, 5.74) is -0.927. The van der Waals surface area contributed by atoms with Gasteiger partial charge in [0.1, 0.15) is 5.69 Å². The maximum absolute atomic E-state index is 12.8. The van der Waals surface area contributed by atoms with Crippen molar-refractivity contribution in [2.45, 2.75) is 38.3 Å². The number of piperidine rings is 1. The lowest BCUT2D eigenvalue weighted by Gasteiger charge is -2.33. The molecule has 1 saturated carbocycles. The van der Waals surface area contributed by atoms with E-state index in [0.717, 1.165) is 25.4 Å². The van der Waals surface area contributed by atoms with Crippen molar-refractivity contribution in [3.63, 3.8) is 0 Å². The molecule has 142 valence electrons. The van der Waals surface area contributed by atoms with Crippen LogP contribution in [0.15, 0.2) is 12.3 Å². The molecule has 0 aromatic carbocycles. The van der Waals surface area contributed by atoms with Crippen LogP contribution in [0.2, 0.25) is 0 Å². The maximum atomic E-state index is 12.8. The highest BCUT2D eigenvalue weighted by atomic mass is 19.4. The van der Waals surface area contributed by atoms with E-state index in [1.807, 2.05) is 4.90 Å². The summed E-state index contributed by atoms with van der Waals surface area (Å²) < 4.78 is 38.4. The molecule has 2 unspecified atom stereocenters. The fourth-order valence-electron chi connectivity index (χ4n) is 4.66. The molecule has 26 heavy (non-hydrogen) atoms. The summed E-state index contributed by atoms with van der Waals surface area (Å²) in [5, 5.41) is 0. The average molecular weight is 368 g/mol. The van der Waals surface area contributed by atoms with Crippen molar-refractivity contribution in [3.05, 3.63) is 18.0 Å². The van der Waals surface area contributed by atoms with Crippen LogP contribution < -0.4 is 4.90 Å². The summed E-state index contributed by atoms with van der Waals surface area (Å²) in [4.78, 5) is 24.2. The number of carbonyl (C=O) groups excluding carboxylic acids is 1. The first kappa shape index (κ1) is 17.5. The van der Waals surface area contributed by atoms with Crippen LogP contribution in [0, 0.1) is 17.8 Å². The molecule has 2 atom stereocenters. The van der Waals surface area contributed by atoms with E-state index in [2.05, 4.69) is 9.97 Å². The Balaban J connectivity index is 1.35. The van der Waals surface area contributed by atoms with E-state index in [1.54, 1.807) is 4.90 Å². The Morgan fingerprint density at radius 2 is 1.73 bits per heavy atom. The zero-order valence-corrected chi connectivity index (χ0v) is 14.6. The van der Waals surface area contributed by atoms with Gasteiger partial charge in [-0.15, -0.1) is 0 Å². The van der Waals surface area contributed by atoms with Gasteiger partial charge in [-0.05, 0) is 43.6 Å². The topological polar surface area (TPSA) is 49.3 Å². The molecule has 0 spiro atoms. The Morgan fingerprint density at radius 3 is 2.35 bits per heavy atom. The van der Waals surface area contributed by atoms with Crippen molar-refractivity contribution in [1.29, 1.82) is 0 Å². The predicted octanol–water partition coefficient (Wildman–Crippen LogP) is 2.97. The Labute approximate surface area is 150 Å². The molecule has 1 aromatic rings. The zero-order valence-electron chi connectivity index (χ0n) is 14.6. The molecule has 2 saturated heterocycles. The van der Waals surface area contributed by atoms with Crippen LogP contribution in [0.3, 0.4) is 0 Å². The number of amides is 1. The van der Waals surface area contributed by atoms with Gasteiger partial charge < -0.3 is 9.80 Å². The number of hydrogen-bond acceptors (Lipinski definition) is 4. The van der Waals surface area contributed by atoms with E-state index < -0.39 is 11.9 Å². The third kappa shape index (κ3) is 3.38.